The molecule has 30 heavy (non-hydrogen) atoms. The SMILES string of the molecule is Cc1cc(OC2CCCN(C(=O)C3CC(=O)N(c4cccc(Br)c4)C3)C2)nc(C)n1. The predicted molar refractivity (Wildman–Crippen MR) is 116 cm³/mol. The summed E-state index contributed by atoms with van der Waals surface area (Å²) in [5.41, 5.74) is 1.68. The van der Waals surface area contributed by atoms with Crippen molar-refractivity contribution in [1.29, 1.82) is 0 Å². The molecule has 2 fully saturated rings. The van der Waals surface area contributed by atoms with Crippen LogP contribution < -0.4 is 9.64 Å². The Bertz CT molecular complexity index is 947. The molecule has 0 N–H and O–H groups in total. The summed E-state index contributed by atoms with van der Waals surface area (Å²) in [6.45, 7) is 5.38. The maximum absolute atomic E-state index is 13.2. The van der Waals surface area contributed by atoms with Crippen LogP contribution in [0.1, 0.15) is 30.8 Å². The third-order valence-electron chi connectivity index (χ3n) is 5.51. The molecule has 0 spiro atoms. The smallest absolute Gasteiger partial charge is 0.228 e. The standard InChI is InChI=1S/C22H25BrN4O3/c1-14-9-20(25-15(2)24-14)30-19-7-4-8-26(13-19)22(29)16-10-21(28)27(12-16)18-6-3-5-17(23)11-18/h3,5-6,9,11,16,19H,4,7-8,10,12-13H2,1-2H3. The molecule has 3 heterocycles. The molecule has 2 amide bonds. The molecule has 8 heteroatoms. The van der Waals surface area contributed by atoms with Gasteiger partial charge in [-0.05, 0) is 44.9 Å². The molecule has 158 valence electrons. The average molecular weight is 473 g/mol. The maximum Gasteiger partial charge on any atom is 0.228 e. The first kappa shape index (κ1) is 20.8. The van der Waals surface area contributed by atoms with Gasteiger partial charge in [0.15, 0.2) is 0 Å². The number of nitrogens with zero attached hydrogens (tertiary/aromatic N) is 4. The Morgan fingerprint density at radius 1 is 1.20 bits per heavy atom. The van der Waals surface area contributed by atoms with Gasteiger partial charge in [0.25, 0.3) is 0 Å². The zero-order valence-electron chi connectivity index (χ0n) is 17.2. The maximum atomic E-state index is 13.2. The fourth-order valence-corrected chi connectivity index (χ4v) is 4.56. The summed E-state index contributed by atoms with van der Waals surface area (Å²) in [4.78, 5) is 37.9. The van der Waals surface area contributed by atoms with E-state index in [1.165, 1.54) is 0 Å². The van der Waals surface area contributed by atoms with Gasteiger partial charge in [0.2, 0.25) is 17.7 Å². The lowest BCUT2D eigenvalue weighted by Crippen LogP contribution is -2.47. The van der Waals surface area contributed by atoms with Crippen LogP contribution in [-0.2, 0) is 9.59 Å². The number of halogens is 1. The molecule has 0 radical (unpaired) electrons. The van der Waals surface area contributed by atoms with Gasteiger partial charge in [-0.3, -0.25) is 9.59 Å². The van der Waals surface area contributed by atoms with Crippen molar-refractivity contribution in [2.24, 2.45) is 5.92 Å². The van der Waals surface area contributed by atoms with Crippen molar-refractivity contribution in [2.75, 3.05) is 24.5 Å². The largest absolute Gasteiger partial charge is 0.472 e. The molecule has 2 saturated heterocycles. The summed E-state index contributed by atoms with van der Waals surface area (Å²) < 4.78 is 6.97. The Morgan fingerprint density at radius 2 is 2.03 bits per heavy atom. The number of hydrogen-bond acceptors (Lipinski definition) is 5. The number of aromatic nitrogens is 2. The second-order valence-electron chi connectivity index (χ2n) is 7.95. The van der Waals surface area contributed by atoms with Gasteiger partial charge in [-0.1, -0.05) is 22.0 Å². The lowest BCUT2D eigenvalue weighted by atomic mass is 10.0. The van der Waals surface area contributed by atoms with Crippen LogP contribution in [0, 0.1) is 19.8 Å². The van der Waals surface area contributed by atoms with E-state index in [9.17, 15) is 9.59 Å². The lowest BCUT2D eigenvalue weighted by molar-refractivity contribution is -0.138. The molecule has 1 aromatic carbocycles. The Labute approximate surface area is 184 Å². The fourth-order valence-electron chi connectivity index (χ4n) is 4.17. The van der Waals surface area contributed by atoms with Crippen LogP contribution in [0.25, 0.3) is 0 Å². The number of amides is 2. The fraction of sp³-hybridized carbons (Fsp3) is 0.455. The molecule has 0 saturated carbocycles. The van der Waals surface area contributed by atoms with Gasteiger partial charge >= 0.3 is 0 Å². The molecule has 2 atom stereocenters. The third-order valence-corrected chi connectivity index (χ3v) is 6.01. The summed E-state index contributed by atoms with van der Waals surface area (Å²) >= 11 is 3.44. The molecule has 4 rings (SSSR count). The highest BCUT2D eigenvalue weighted by Gasteiger charge is 2.38. The molecule has 7 nitrogen and oxygen atoms in total. The normalized spacial score (nSPS) is 21.8. The van der Waals surface area contributed by atoms with Crippen LogP contribution in [0.15, 0.2) is 34.8 Å². The predicted octanol–water partition coefficient (Wildman–Crippen LogP) is 3.28. The van der Waals surface area contributed by atoms with Gasteiger partial charge in [-0.2, -0.15) is 4.98 Å². The van der Waals surface area contributed by atoms with Gasteiger partial charge < -0.3 is 14.5 Å². The minimum absolute atomic E-state index is 0.0109. The zero-order valence-corrected chi connectivity index (χ0v) is 18.8. The van der Waals surface area contributed by atoms with Gasteiger partial charge in [0.1, 0.15) is 11.9 Å². The number of ether oxygens (including phenoxy) is 1. The van der Waals surface area contributed by atoms with Crippen LogP contribution >= 0.6 is 15.9 Å². The highest BCUT2D eigenvalue weighted by Crippen LogP contribution is 2.29. The Balaban J connectivity index is 1.40. The number of likely N-dealkylation sites (tertiary alicyclic amines) is 1. The van der Waals surface area contributed by atoms with E-state index in [-0.39, 0.29) is 30.3 Å². The van der Waals surface area contributed by atoms with E-state index >= 15 is 0 Å². The Kier molecular flexibility index (Phi) is 6.04. The molecule has 1 aromatic heterocycles. The molecule has 2 aromatic rings. The summed E-state index contributed by atoms with van der Waals surface area (Å²) in [7, 11) is 0. The monoisotopic (exact) mass is 472 g/mol. The first-order valence-electron chi connectivity index (χ1n) is 10.2. The number of hydrogen-bond donors (Lipinski definition) is 0. The molecular formula is C22H25BrN4O3. The second kappa shape index (κ2) is 8.71. The number of anilines is 1. The van der Waals surface area contributed by atoms with Crippen LogP contribution in [0.4, 0.5) is 5.69 Å². The summed E-state index contributed by atoms with van der Waals surface area (Å²) in [5.74, 6) is 0.924. The molecule has 0 bridgehead atoms. The highest BCUT2D eigenvalue weighted by atomic mass is 79.9. The van der Waals surface area contributed by atoms with Gasteiger partial charge in [-0.15, -0.1) is 0 Å². The number of benzene rings is 1. The van der Waals surface area contributed by atoms with E-state index in [0.717, 1.165) is 28.7 Å². The van der Waals surface area contributed by atoms with Crippen LogP contribution in [0.3, 0.4) is 0 Å². The van der Waals surface area contributed by atoms with E-state index in [1.54, 1.807) is 4.90 Å². The van der Waals surface area contributed by atoms with Crippen molar-refractivity contribution in [2.45, 2.75) is 39.2 Å². The van der Waals surface area contributed by atoms with Gasteiger partial charge in [0.05, 0.1) is 12.5 Å². The third kappa shape index (κ3) is 4.64. The quantitative estimate of drug-likeness (QED) is 0.682. The second-order valence-corrected chi connectivity index (χ2v) is 8.86. The number of rotatable bonds is 4. The molecule has 2 aliphatic rings. The number of carbonyl (C=O) groups excluding carboxylic acids is 2. The van der Waals surface area contributed by atoms with Crippen molar-refractivity contribution >= 4 is 33.4 Å². The van der Waals surface area contributed by atoms with E-state index in [1.807, 2.05) is 49.1 Å². The van der Waals surface area contributed by atoms with Gasteiger partial charge in [-0.25, -0.2) is 4.98 Å². The number of piperidine rings is 1. The van der Waals surface area contributed by atoms with Crippen molar-refractivity contribution in [3.05, 3.63) is 46.3 Å². The average Bonchev–Trinajstić information content (AvgIpc) is 3.08. The van der Waals surface area contributed by atoms with Crippen molar-refractivity contribution in [3.8, 4) is 5.88 Å². The van der Waals surface area contributed by atoms with E-state index in [2.05, 4.69) is 25.9 Å². The van der Waals surface area contributed by atoms with Crippen LogP contribution in [0.2, 0.25) is 0 Å². The zero-order chi connectivity index (χ0) is 21.3. The Hall–Kier alpha value is -2.48. The van der Waals surface area contributed by atoms with E-state index in [4.69, 9.17) is 4.74 Å². The number of carbonyl (C=O) groups is 2. The van der Waals surface area contributed by atoms with Crippen molar-refractivity contribution < 1.29 is 14.3 Å². The van der Waals surface area contributed by atoms with Crippen molar-refractivity contribution in [1.82, 2.24) is 14.9 Å². The first-order chi connectivity index (χ1) is 14.4. The molecular weight excluding hydrogens is 448 g/mol. The molecule has 2 unspecified atom stereocenters. The summed E-state index contributed by atoms with van der Waals surface area (Å²) in [6.07, 6.45) is 1.89. The summed E-state index contributed by atoms with van der Waals surface area (Å²) in [6, 6.07) is 9.43. The lowest BCUT2D eigenvalue weighted by Gasteiger charge is -2.34. The van der Waals surface area contributed by atoms with Crippen LogP contribution in [-0.4, -0.2) is 52.4 Å². The Morgan fingerprint density at radius 3 is 2.80 bits per heavy atom. The van der Waals surface area contributed by atoms with Gasteiger partial charge in [0, 0.05) is 41.4 Å². The topological polar surface area (TPSA) is 75.6 Å². The van der Waals surface area contributed by atoms with E-state index < -0.39 is 0 Å². The summed E-state index contributed by atoms with van der Waals surface area (Å²) in [5, 5.41) is 0. The molecule has 2 aliphatic heterocycles. The van der Waals surface area contributed by atoms with Crippen LogP contribution in [0.5, 0.6) is 5.88 Å². The highest BCUT2D eigenvalue weighted by molar-refractivity contribution is 9.10. The van der Waals surface area contributed by atoms with Crippen molar-refractivity contribution in [3.63, 3.8) is 0 Å². The minimum Gasteiger partial charge on any atom is -0.472 e. The molecule has 0 aliphatic carbocycles. The first-order valence-corrected chi connectivity index (χ1v) is 11.0. The van der Waals surface area contributed by atoms with E-state index in [0.29, 0.717) is 31.3 Å². The minimum atomic E-state index is -0.321. The number of aryl methyl sites for hydroxylation is 2.